The van der Waals surface area contributed by atoms with Crippen LogP contribution in [0.15, 0.2) is 30.3 Å². The normalized spacial score (nSPS) is 18.1. The fourth-order valence-electron chi connectivity index (χ4n) is 3.63. The second kappa shape index (κ2) is 9.63. The van der Waals surface area contributed by atoms with Crippen LogP contribution in [0.5, 0.6) is 5.75 Å². The lowest BCUT2D eigenvalue weighted by Gasteiger charge is -2.28. The Hall–Kier alpha value is -3.37. The number of hydrogen-bond donors (Lipinski definition) is 2. The van der Waals surface area contributed by atoms with Crippen LogP contribution in [-0.2, 0) is 16.2 Å². The summed E-state index contributed by atoms with van der Waals surface area (Å²) >= 11 is 0. The molecule has 174 valence electrons. The summed E-state index contributed by atoms with van der Waals surface area (Å²) in [6, 6.07) is 5.74. The van der Waals surface area contributed by atoms with E-state index in [0.29, 0.717) is 35.5 Å². The number of rotatable bonds is 6. The van der Waals surface area contributed by atoms with Gasteiger partial charge in [-0.25, -0.2) is 9.37 Å². The van der Waals surface area contributed by atoms with E-state index in [9.17, 15) is 18.4 Å². The Morgan fingerprint density at radius 3 is 2.79 bits per heavy atom. The van der Waals surface area contributed by atoms with Crippen molar-refractivity contribution in [3.05, 3.63) is 58.9 Å². The first-order chi connectivity index (χ1) is 15.9. The molecule has 0 fully saturated rings. The molecule has 2 aliphatic heterocycles. The predicted molar refractivity (Wildman–Crippen MR) is 116 cm³/mol. The molecule has 1 aromatic heterocycles. The molecule has 33 heavy (non-hydrogen) atoms. The highest BCUT2D eigenvalue weighted by Gasteiger charge is 2.28. The Bertz CT molecular complexity index is 1120. The second-order valence-electron chi connectivity index (χ2n) is 7.66. The number of nitrogens with one attached hydrogen (secondary N) is 2. The number of fused-ring (bicyclic) bond motifs is 1. The molecule has 0 bridgehead atoms. The number of halogens is 2. The number of anilines is 1. The van der Waals surface area contributed by atoms with Crippen LogP contribution in [0.3, 0.4) is 0 Å². The van der Waals surface area contributed by atoms with Gasteiger partial charge in [-0.15, -0.1) is 0 Å². The summed E-state index contributed by atoms with van der Waals surface area (Å²) in [6.45, 7) is 4.46. The number of benzene rings is 1. The molecule has 2 aromatic rings. The fourth-order valence-corrected chi connectivity index (χ4v) is 3.63. The quantitative estimate of drug-likeness (QED) is 0.647. The van der Waals surface area contributed by atoms with E-state index in [1.165, 1.54) is 29.3 Å². The van der Waals surface area contributed by atoms with Crippen LogP contribution < -0.4 is 15.4 Å². The number of hydrogen-bond acceptors (Lipinski definition) is 6. The molecule has 0 spiro atoms. The van der Waals surface area contributed by atoms with Crippen LogP contribution in [-0.4, -0.2) is 47.7 Å². The molecule has 0 saturated heterocycles. The van der Waals surface area contributed by atoms with E-state index in [-0.39, 0.29) is 36.9 Å². The molecule has 0 radical (unpaired) electrons. The Morgan fingerprint density at radius 2 is 2.12 bits per heavy atom. The van der Waals surface area contributed by atoms with Gasteiger partial charge in [0.25, 0.3) is 11.8 Å². The van der Waals surface area contributed by atoms with E-state index >= 15 is 0 Å². The van der Waals surface area contributed by atoms with Crippen LogP contribution >= 0.6 is 0 Å². The smallest absolute Gasteiger partial charge is 0.269 e. The maximum absolute atomic E-state index is 14.6. The molecule has 0 saturated carbocycles. The Balaban J connectivity index is 1.44. The first kappa shape index (κ1) is 22.8. The average Bonchev–Trinajstić information content (AvgIpc) is 2.80. The van der Waals surface area contributed by atoms with Gasteiger partial charge >= 0.3 is 0 Å². The molecule has 4 rings (SSSR count). The summed E-state index contributed by atoms with van der Waals surface area (Å²) in [4.78, 5) is 33.3. The number of hydroxylamine groups is 2. The largest absolute Gasteiger partial charge is 0.478 e. The van der Waals surface area contributed by atoms with Crippen LogP contribution in [0.4, 0.5) is 14.5 Å². The number of ether oxygens (including phenoxy) is 1. The van der Waals surface area contributed by atoms with Crippen molar-refractivity contribution < 1.29 is 27.9 Å². The fraction of sp³-hybridized carbons (Fsp3) is 0.348. The van der Waals surface area contributed by atoms with Gasteiger partial charge in [0.15, 0.2) is 6.10 Å². The molecule has 1 atom stereocenters. The summed E-state index contributed by atoms with van der Waals surface area (Å²) in [5, 5.41) is 6.85. The lowest BCUT2D eigenvalue weighted by molar-refractivity contribution is -0.151. The van der Waals surface area contributed by atoms with Crippen LogP contribution in [0.2, 0.25) is 0 Å². The highest BCUT2D eigenvalue weighted by atomic mass is 19.1. The van der Waals surface area contributed by atoms with Crippen molar-refractivity contribution in [1.29, 1.82) is 0 Å². The third-order valence-electron chi connectivity index (χ3n) is 5.39. The van der Waals surface area contributed by atoms with Gasteiger partial charge in [0.2, 0.25) is 5.95 Å². The zero-order valence-corrected chi connectivity index (χ0v) is 18.3. The van der Waals surface area contributed by atoms with Crippen LogP contribution in [0, 0.1) is 11.8 Å². The van der Waals surface area contributed by atoms with Crippen molar-refractivity contribution in [2.24, 2.45) is 0 Å². The van der Waals surface area contributed by atoms with Gasteiger partial charge < -0.3 is 15.4 Å². The maximum Gasteiger partial charge on any atom is 0.269 e. The Morgan fingerprint density at radius 1 is 1.30 bits per heavy atom. The van der Waals surface area contributed by atoms with Crippen molar-refractivity contribution >= 4 is 23.1 Å². The minimum atomic E-state index is -0.760. The zero-order valence-electron chi connectivity index (χ0n) is 18.3. The van der Waals surface area contributed by atoms with E-state index < -0.39 is 23.8 Å². The Labute approximate surface area is 189 Å². The van der Waals surface area contributed by atoms with E-state index in [2.05, 4.69) is 15.6 Å². The third kappa shape index (κ3) is 4.86. The number of amides is 2. The Kier molecular flexibility index (Phi) is 6.66. The second-order valence-corrected chi connectivity index (χ2v) is 7.66. The lowest BCUT2D eigenvalue weighted by Crippen LogP contribution is -2.36. The van der Waals surface area contributed by atoms with Crippen molar-refractivity contribution in [2.45, 2.75) is 32.9 Å². The average molecular weight is 458 g/mol. The number of aromatic nitrogens is 1. The van der Waals surface area contributed by atoms with Gasteiger partial charge in [0.1, 0.15) is 17.3 Å². The standard InChI is InChI=1S/C23H24F2N4O4/c1-3-19-23(31)28-18-9-14(16(24)10-20(18)33-19)11-29-8-7-13(12-32-29)15-5-6-17(27-21(15)25)22(30)26-4-2/h5-7,9-10,19H,3-4,8,11-12H2,1-2H3,(H,26,30)(H,28,31). The van der Waals surface area contributed by atoms with Gasteiger partial charge in [-0.3, -0.25) is 14.4 Å². The monoisotopic (exact) mass is 458 g/mol. The molecule has 8 nitrogen and oxygen atoms in total. The van der Waals surface area contributed by atoms with Crippen molar-refractivity contribution in [1.82, 2.24) is 15.4 Å². The van der Waals surface area contributed by atoms with Gasteiger partial charge in [-0.1, -0.05) is 13.0 Å². The van der Waals surface area contributed by atoms with E-state index in [1.807, 2.05) is 6.92 Å². The summed E-state index contributed by atoms with van der Waals surface area (Å²) in [5.74, 6) is -1.65. The lowest BCUT2D eigenvalue weighted by atomic mass is 10.1. The van der Waals surface area contributed by atoms with Gasteiger partial charge in [0, 0.05) is 30.3 Å². The predicted octanol–water partition coefficient (Wildman–Crippen LogP) is 3.05. The van der Waals surface area contributed by atoms with Gasteiger partial charge in [0.05, 0.1) is 18.8 Å². The number of nitrogens with zero attached hydrogens (tertiary/aromatic N) is 2. The number of carbonyl (C=O) groups is 2. The van der Waals surface area contributed by atoms with E-state index in [4.69, 9.17) is 9.57 Å². The SMILES string of the molecule is CCNC(=O)c1ccc(C2=CCN(Cc3cc4c(cc3F)OC(CC)C(=O)N4)OC2)c(F)n1. The van der Waals surface area contributed by atoms with Gasteiger partial charge in [-0.2, -0.15) is 9.45 Å². The van der Waals surface area contributed by atoms with Gasteiger partial charge in [-0.05, 0) is 37.1 Å². The first-order valence-corrected chi connectivity index (χ1v) is 10.7. The summed E-state index contributed by atoms with van der Waals surface area (Å²) < 4.78 is 34.7. The molecule has 2 amide bonds. The first-order valence-electron chi connectivity index (χ1n) is 10.7. The molecule has 1 unspecified atom stereocenters. The highest BCUT2D eigenvalue weighted by molar-refractivity contribution is 5.97. The molecule has 0 aliphatic carbocycles. The van der Waals surface area contributed by atoms with Crippen molar-refractivity contribution in [3.8, 4) is 5.75 Å². The zero-order chi connectivity index (χ0) is 23.5. The van der Waals surface area contributed by atoms with Crippen molar-refractivity contribution in [2.75, 3.05) is 25.0 Å². The molecule has 1 aromatic carbocycles. The van der Waals surface area contributed by atoms with E-state index in [0.717, 1.165) is 0 Å². The molecule has 2 aliphatic rings. The van der Waals surface area contributed by atoms with Crippen molar-refractivity contribution in [3.63, 3.8) is 0 Å². The molecule has 10 heteroatoms. The minimum absolute atomic E-state index is 0.00117. The molecule has 3 heterocycles. The highest BCUT2D eigenvalue weighted by Crippen LogP contribution is 2.33. The maximum atomic E-state index is 14.6. The molecular formula is C23H24F2N4O4. The topological polar surface area (TPSA) is 92.8 Å². The molecule has 2 N–H and O–H groups in total. The van der Waals surface area contributed by atoms with Crippen LogP contribution in [0.25, 0.3) is 5.57 Å². The summed E-state index contributed by atoms with van der Waals surface area (Å²) in [6.07, 6.45) is 1.61. The van der Waals surface area contributed by atoms with Crippen LogP contribution in [0.1, 0.15) is 41.9 Å². The summed E-state index contributed by atoms with van der Waals surface area (Å²) in [5.41, 5.74) is 1.56. The minimum Gasteiger partial charge on any atom is -0.478 e. The third-order valence-corrected chi connectivity index (χ3v) is 5.39. The molecular weight excluding hydrogens is 434 g/mol. The number of pyridine rings is 1. The number of carbonyl (C=O) groups excluding carboxylic acids is 2. The summed E-state index contributed by atoms with van der Waals surface area (Å²) in [7, 11) is 0. The van der Waals surface area contributed by atoms with E-state index in [1.54, 1.807) is 13.0 Å².